The quantitative estimate of drug-likeness (QED) is 0.114. The molecule has 0 amide bonds. The van der Waals surface area contributed by atoms with Crippen molar-refractivity contribution in [3.05, 3.63) is 284 Å². The second-order valence-electron chi connectivity index (χ2n) is 28.3. The van der Waals surface area contributed by atoms with E-state index in [1.165, 1.54) is 66.8 Å². The first-order valence-electron chi connectivity index (χ1n) is 34.8. The van der Waals surface area contributed by atoms with Gasteiger partial charge >= 0.3 is 467 Å². The molecule has 0 fully saturated rings. The van der Waals surface area contributed by atoms with Gasteiger partial charge < -0.3 is 0 Å². The minimum atomic E-state index is -3.58. The summed E-state index contributed by atoms with van der Waals surface area (Å²) in [5.74, 6) is 2.56. The molecule has 10 rings (SSSR count). The predicted octanol–water partition coefficient (Wildman–Crippen LogP) is 21.3. The molecule has 532 valence electrons. The third-order valence-corrected chi connectivity index (χ3v) is 26.6. The van der Waals surface area contributed by atoms with E-state index in [1.807, 2.05) is 72.8 Å². The summed E-state index contributed by atoms with van der Waals surface area (Å²) in [5.41, 5.74) is 23.7. The van der Waals surface area contributed by atoms with E-state index in [2.05, 4.69) is 348 Å². The summed E-state index contributed by atoms with van der Waals surface area (Å²) in [6.07, 6.45) is 4.39. The summed E-state index contributed by atoms with van der Waals surface area (Å²) in [4.78, 5) is 30.4. The van der Waals surface area contributed by atoms with Crippen LogP contribution in [0.2, 0.25) is 0 Å². The molecule has 0 N–H and O–H groups in total. The minimum Gasteiger partial charge on any atom is -0.0622 e. The van der Waals surface area contributed by atoms with Crippen molar-refractivity contribution in [2.24, 2.45) is 0 Å². The maximum atomic E-state index is 15.2. The molecule has 2 heterocycles. The average molecular weight is 1580 g/mol. The minimum absolute atomic E-state index is 0. The number of anilines is 2. The molecule has 2 aliphatic heterocycles. The molecule has 8 aromatic rings. The van der Waals surface area contributed by atoms with Crippen molar-refractivity contribution < 1.29 is 52.2 Å². The Morgan fingerprint density at radius 1 is 0.276 bits per heavy atom. The Hall–Kier alpha value is -5.39. The van der Waals surface area contributed by atoms with Crippen molar-refractivity contribution in [3.63, 3.8) is 0 Å². The van der Waals surface area contributed by atoms with Crippen LogP contribution in [-0.2, 0) is 34.1 Å². The topological polar surface area (TPSA) is 58.6 Å². The molecule has 0 aliphatic carbocycles. The van der Waals surface area contributed by atoms with Crippen LogP contribution in [0.15, 0.2) is 218 Å². The van der Waals surface area contributed by atoms with Crippen molar-refractivity contribution in [3.8, 4) is 0 Å². The van der Waals surface area contributed by atoms with Gasteiger partial charge in [0.25, 0.3) is 0 Å². The predicted molar refractivity (Wildman–Crippen MR) is 420 cm³/mol. The van der Waals surface area contributed by atoms with E-state index in [9.17, 15) is 0 Å². The molecule has 2 aliphatic rings. The van der Waals surface area contributed by atoms with Gasteiger partial charge in [0.05, 0.1) is 0 Å². The number of hydrogen-bond acceptors (Lipinski definition) is 4. The van der Waals surface area contributed by atoms with Crippen molar-refractivity contribution in [2.75, 3.05) is 9.13 Å². The zero-order valence-electron chi connectivity index (χ0n) is 63.3. The third-order valence-electron chi connectivity index (χ3n) is 17.4. The molecule has 2 atom stereocenters. The largest absolute Gasteiger partial charge is 1.00 e. The van der Waals surface area contributed by atoms with Crippen LogP contribution in [0.3, 0.4) is 0 Å². The second kappa shape index (κ2) is 40.3. The standard InChI is InChI=1S/2C29H41N2OSeSi.4C7H8.2Cu/c2*1-18(2)24-13-11-14-25(19(3)4)28(24)30-22(9)17-23(10)31(34(30,32)33)29-26(20(5)6)15-12-16-27(29)21(7)8;4*1-7-5-3-2-4-6-7;;/h2*11-21H,1-10H3;4*2-6H,1H3;;/q2*-1;;;;;2*+1. The number of hydrogen-bond donors (Lipinski definition) is 0. The van der Waals surface area contributed by atoms with E-state index in [-0.39, 0.29) is 34.1 Å². The molecule has 0 bridgehead atoms. The summed E-state index contributed by atoms with van der Waals surface area (Å²) in [6.45, 7) is 52.3. The van der Waals surface area contributed by atoms with E-state index in [0.717, 1.165) is 45.6 Å². The Balaban J connectivity index is 0.000000358. The fraction of sp³-hybridized carbons (Fsp3) is 0.372. The van der Waals surface area contributed by atoms with Gasteiger partial charge in [-0.05, 0) is 27.7 Å². The Kier molecular flexibility index (Phi) is 35.7. The molecule has 0 spiro atoms. The summed E-state index contributed by atoms with van der Waals surface area (Å²) in [6, 6.07) is 67.2. The molecule has 6 nitrogen and oxygen atoms in total. The first-order valence-corrected chi connectivity index (χ1v) is 43.4. The van der Waals surface area contributed by atoms with Crippen molar-refractivity contribution in [2.45, 2.75) is 214 Å². The van der Waals surface area contributed by atoms with Gasteiger partial charge in [-0.25, -0.2) is 0 Å². The molecular formula is C86H114Cu2N4O2Se2Si2. The number of nitrogens with zero attached hydrogens (tertiary/aromatic N) is 4. The smallest absolute Gasteiger partial charge is 0.0622 e. The van der Waals surface area contributed by atoms with Gasteiger partial charge in [-0.1, -0.05) is 144 Å². The Morgan fingerprint density at radius 3 is 0.602 bits per heavy atom. The van der Waals surface area contributed by atoms with Gasteiger partial charge in [0.2, 0.25) is 0 Å². The molecule has 98 heavy (non-hydrogen) atoms. The molecule has 0 unspecified atom stereocenters. The van der Waals surface area contributed by atoms with E-state index in [1.54, 1.807) is 0 Å². The molecule has 0 radical (unpaired) electrons. The number of benzene rings is 8. The van der Waals surface area contributed by atoms with E-state index in [0.29, 0.717) is 47.3 Å². The van der Waals surface area contributed by atoms with Crippen LogP contribution in [0.25, 0.3) is 0 Å². The summed E-state index contributed by atoms with van der Waals surface area (Å²) in [5, 5.41) is 0. The van der Waals surface area contributed by atoms with Gasteiger partial charge in [-0.3, -0.25) is 0 Å². The van der Waals surface area contributed by atoms with Crippen LogP contribution in [0.4, 0.5) is 22.7 Å². The number of para-hydroxylation sites is 4. The Bertz CT molecular complexity index is 3470. The summed E-state index contributed by atoms with van der Waals surface area (Å²) in [7, 11) is -7.16. The van der Waals surface area contributed by atoms with Crippen molar-refractivity contribution in [1.82, 2.24) is 0 Å². The fourth-order valence-electron chi connectivity index (χ4n) is 12.4. The maximum Gasteiger partial charge on any atom is 1.00 e. The molecule has 0 saturated carbocycles. The van der Waals surface area contributed by atoms with Crippen molar-refractivity contribution >= 4 is 79.4 Å². The van der Waals surface area contributed by atoms with Crippen molar-refractivity contribution in [1.29, 1.82) is 0 Å². The van der Waals surface area contributed by atoms with Gasteiger partial charge in [0.1, 0.15) is 0 Å². The van der Waals surface area contributed by atoms with E-state index in [4.69, 9.17) is 0 Å². The first kappa shape index (κ1) is 86.8. The molecule has 0 saturated heterocycles. The third kappa shape index (κ3) is 22.8. The van der Waals surface area contributed by atoms with Gasteiger partial charge in [-0.15, -0.1) is 0 Å². The van der Waals surface area contributed by atoms with Gasteiger partial charge in [0.15, 0.2) is 0 Å². The molecular weight excluding hydrogens is 1460 g/mol. The Labute approximate surface area is 633 Å². The number of rotatable bonds is 12. The number of allylic oxidation sites excluding steroid dienone is 4. The fourth-order valence-corrected chi connectivity index (χ4v) is 23.0. The summed E-state index contributed by atoms with van der Waals surface area (Å²) >= 11 is 6.50. The average Bonchev–Trinajstić information content (AvgIpc) is 0.733. The van der Waals surface area contributed by atoms with Crippen LogP contribution in [0.5, 0.6) is 0 Å². The Morgan fingerprint density at radius 2 is 0.449 bits per heavy atom. The van der Waals surface area contributed by atoms with E-state index < -0.39 is 14.5 Å². The van der Waals surface area contributed by atoms with Gasteiger partial charge in [0, 0.05) is 0 Å². The molecule has 0 aromatic heterocycles. The maximum absolute atomic E-state index is 15.2. The van der Waals surface area contributed by atoms with Crippen LogP contribution in [0.1, 0.15) is 253 Å². The molecule has 8 aromatic carbocycles. The SMILES string of the molecule is CC1=CC(C)=[N+](c2c(C(C)C)cccc2C(C)C)[Si@@]([O-])([Se-])N1c1c(C(C)C)cccc1C(C)C.CC1=CC(C)=[N+](c2c(C(C)C)cccc2C(C)C)[Si@]([O-])([Se-])N1c1c(C(C)C)cccc1C(C)C.Cc1ccccc1.Cc1ccccc1.Cc1ccccc1.Cc1ccccc1.[Cu+].[Cu+]. The zero-order valence-corrected chi connectivity index (χ0v) is 70.6. The first-order chi connectivity index (χ1) is 45.2. The normalized spacial score (nSPS) is 15.8. The molecule has 12 heteroatoms. The monoisotopic (exact) mass is 1580 g/mol. The van der Waals surface area contributed by atoms with Crippen LogP contribution >= 0.6 is 0 Å². The van der Waals surface area contributed by atoms with Crippen LogP contribution in [-0.4, -0.2) is 65.1 Å². The van der Waals surface area contributed by atoms with Crippen LogP contribution < -0.4 is 18.7 Å². The zero-order chi connectivity index (χ0) is 71.5. The number of aryl methyl sites for hydroxylation is 4. The van der Waals surface area contributed by atoms with E-state index >= 15 is 9.59 Å². The van der Waals surface area contributed by atoms with Crippen LogP contribution in [0, 0.1) is 27.7 Å². The second-order valence-corrected chi connectivity index (χ2v) is 39.0. The summed E-state index contributed by atoms with van der Waals surface area (Å²) < 4.78 is 8.58. The van der Waals surface area contributed by atoms with Gasteiger partial charge in [-0.2, -0.15) is 0 Å².